The molecule has 0 saturated heterocycles. The molecule has 0 bridgehead atoms. The first-order valence-electron chi connectivity index (χ1n) is 3.79. The van der Waals surface area contributed by atoms with Gasteiger partial charge in [0, 0.05) is 11.1 Å². The third-order valence-corrected chi connectivity index (χ3v) is 2.19. The van der Waals surface area contributed by atoms with E-state index in [1.165, 1.54) is 6.26 Å². The second-order valence-corrected chi connectivity index (χ2v) is 3.03. The smallest absolute Gasteiger partial charge is 0.198 e. The lowest BCUT2D eigenvalue weighted by molar-refractivity contribution is 0.557. The molecule has 1 unspecified atom stereocenters. The summed E-state index contributed by atoms with van der Waals surface area (Å²) < 4.78 is 9.86. The molecule has 0 saturated carbocycles. The minimum Gasteiger partial charge on any atom is -0.472 e. The summed E-state index contributed by atoms with van der Waals surface area (Å²) in [6, 6.07) is 3.26. The second kappa shape index (κ2) is 3.28. The van der Waals surface area contributed by atoms with Crippen LogP contribution in [-0.2, 0) is 0 Å². The Morgan fingerprint density at radius 1 is 1.31 bits per heavy atom. The van der Waals surface area contributed by atoms with Gasteiger partial charge >= 0.3 is 0 Å². The molecule has 2 heterocycles. The van der Waals surface area contributed by atoms with E-state index < -0.39 is 0 Å². The molecule has 0 aliphatic carbocycles. The number of nitrogens with two attached hydrogens (primary N) is 1. The zero-order valence-corrected chi connectivity index (χ0v) is 7.49. The van der Waals surface area contributed by atoms with Gasteiger partial charge in [0.2, 0.25) is 0 Å². The van der Waals surface area contributed by atoms with E-state index in [0.717, 1.165) is 11.1 Å². The van der Waals surface area contributed by atoms with Gasteiger partial charge in [0.15, 0.2) is 5.22 Å². The van der Waals surface area contributed by atoms with Crippen molar-refractivity contribution in [1.82, 2.24) is 0 Å². The van der Waals surface area contributed by atoms with Crippen molar-refractivity contribution in [3.8, 4) is 0 Å². The van der Waals surface area contributed by atoms with Gasteiger partial charge in [0.25, 0.3) is 0 Å². The van der Waals surface area contributed by atoms with E-state index in [1.807, 2.05) is 0 Å². The summed E-state index contributed by atoms with van der Waals surface area (Å²) >= 11 is 5.77. The Morgan fingerprint density at radius 3 is 2.69 bits per heavy atom. The second-order valence-electron chi connectivity index (χ2n) is 2.68. The average Bonchev–Trinajstić information content (AvgIpc) is 2.72. The molecule has 68 valence electrons. The number of hydrogen-bond acceptors (Lipinski definition) is 3. The molecule has 13 heavy (non-hydrogen) atoms. The molecule has 0 radical (unpaired) electrons. The van der Waals surface area contributed by atoms with E-state index >= 15 is 0 Å². The molecule has 0 amide bonds. The zero-order chi connectivity index (χ0) is 9.26. The van der Waals surface area contributed by atoms with Crippen molar-refractivity contribution >= 4 is 11.6 Å². The van der Waals surface area contributed by atoms with Crippen molar-refractivity contribution in [3.63, 3.8) is 0 Å². The normalized spacial score (nSPS) is 13.1. The first kappa shape index (κ1) is 8.41. The number of furan rings is 2. The maximum atomic E-state index is 5.90. The van der Waals surface area contributed by atoms with Crippen LogP contribution in [0.3, 0.4) is 0 Å². The van der Waals surface area contributed by atoms with E-state index in [4.69, 9.17) is 26.2 Å². The highest BCUT2D eigenvalue weighted by atomic mass is 35.5. The summed E-state index contributed by atoms with van der Waals surface area (Å²) in [6.45, 7) is 0. The first-order chi connectivity index (χ1) is 6.29. The number of halogens is 1. The van der Waals surface area contributed by atoms with Crippen LogP contribution in [0.5, 0.6) is 0 Å². The van der Waals surface area contributed by atoms with E-state index in [2.05, 4.69) is 0 Å². The van der Waals surface area contributed by atoms with Crippen molar-refractivity contribution in [1.29, 1.82) is 0 Å². The Bertz CT molecular complexity index is 380. The van der Waals surface area contributed by atoms with Crippen LogP contribution < -0.4 is 5.73 Å². The molecule has 0 fully saturated rings. The average molecular weight is 198 g/mol. The Kier molecular flexibility index (Phi) is 2.12. The fraction of sp³-hybridized carbons (Fsp3) is 0.111. The highest BCUT2D eigenvalue weighted by Crippen LogP contribution is 2.27. The lowest BCUT2D eigenvalue weighted by atomic mass is 10.1. The first-order valence-corrected chi connectivity index (χ1v) is 4.17. The van der Waals surface area contributed by atoms with E-state index in [-0.39, 0.29) is 6.04 Å². The summed E-state index contributed by atoms with van der Waals surface area (Å²) in [5.74, 6) is 0. The van der Waals surface area contributed by atoms with Gasteiger partial charge < -0.3 is 14.6 Å². The summed E-state index contributed by atoms with van der Waals surface area (Å²) in [5, 5.41) is 0.328. The van der Waals surface area contributed by atoms with Crippen LogP contribution in [0, 0.1) is 0 Å². The van der Waals surface area contributed by atoms with Crippen LogP contribution in [0.2, 0.25) is 5.22 Å². The van der Waals surface area contributed by atoms with Gasteiger partial charge in [-0.1, -0.05) is 0 Å². The minimum atomic E-state index is -0.287. The molecule has 0 aliphatic heterocycles. The van der Waals surface area contributed by atoms with Crippen LogP contribution in [0.4, 0.5) is 0 Å². The Balaban J connectivity index is 2.33. The molecule has 1 atom stereocenters. The van der Waals surface area contributed by atoms with Gasteiger partial charge in [-0.05, 0) is 23.7 Å². The van der Waals surface area contributed by atoms with Gasteiger partial charge in [-0.15, -0.1) is 0 Å². The Labute approximate surface area is 80.1 Å². The van der Waals surface area contributed by atoms with E-state index in [1.54, 1.807) is 24.7 Å². The number of hydrogen-bond donors (Lipinski definition) is 1. The predicted octanol–water partition coefficient (Wildman–Crippen LogP) is 2.57. The monoisotopic (exact) mass is 197 g/mol. The SMILES string of the molecule is NC(c1ccoc1)c1ccoc1Cl. The molecule has 0 aliphatic rings. The zero-order valence-electron chi connectivity index (χ0n) is 6.74. The van der Waals surface area contributed by atoms with Crippen LogP contribution in [0.1, 0.15) is 17.2 Å². The summed E-state index contributed by atoms with van der Waals surface area (Å²) in [4.78, 5) is 0. The van der Waals surface area contributed by atoms with Gasteiger partial charge in [-0.25, -0.2) is 0 Å². The molecule has 0 aromatic carbocycles. The molecular weight excluding hydrogens is 190 g/mol. The lowest BCUT2D eigenvalue weighted by Gasteiger charge is -2.05. The van der Waals surface area contributed by atoms with Gasteiger partial charge in [0.1, 0.15) is 0 Å². The van der Waals surface area contributed by atoms with Crippen molar-refractivity contribution in [2.24, 2.45) is 5.73 Å². The molecular formula is C9H8ClNO2. The molecule has 2 N–H and O–H groups in total. The molecule has 4 heteroatoms. The van der Waals surface area contributed by atoms with Crippen LogP contribution in [0.25, 0.3) is 0 Å². The van der Waals surface area contributed by atoms with Crippen LogP contribution in [0.15, 0.2) is 39.8 Å². The molecule has 2 rings (SSSR count). The van der Waals surface area contributed by atoms with E-state index in [9.17, 15) is 0 Å². The molecule has 0 spiro atoms. The minimum absolute atomic E-state index is 0.287. The highest BCUT2D eigenvalue weighted by Gasteiger charge is 2.15. The van der Waals surface area contributed by atoms with Gasteiger partial charge in [-0.2, -0.15) is 0 Å². The Morgan fingerprint density at radius 2 is 2.15 bits per heavy atom. The van der Waals surface area contributed by atoms with Gasteiger partial charge in [-0.3, -0.25) is 0 Å². The largest absolute Gasteiger partial charge is 0.472 e. The molecule has 2 aromatic rings. The predicted molar refractivity (Wildman–Crippen MR) is 48.5 cm³/mol. The van der Waals surface area contributed by atoms with Crippen LogP contribution >= 0.6 is 11.6 Å². The maximum Gasteiger partial charge on any atom is 0.198 e. The summed E-state index contributed by atoms with van der Waals surface area (Å²) in [7, 11) is 0. The van der Waals surface area contributed by atoms with Crippen molar-refractivity contribution in [2.75, 3.05) is 0 Å². The van der Waals surface area contributed by atoms with Gasteiger partial charge in [0.05, 0.1) is 24.8 Å². The highest BCUT2D eigenvalue weighted by molar-refractivity contribution is 6.29. The van der Waals surface area contributed by atoms with E-state index in [0.29, 0.717) is 5.22 Å². The third kappa shape index (κ3) is 1.48. The standard InChI is InChI=1S/C9H8ClNO2/c10-9-7(2-4-13-9)8(11)6-1-3-12-5-6/h1-5,8H,11H2. The van der Waals surface area contributed by atoms with Crippen LogP contribution in [-0.4, -0.2) is 0 Å². The Hall–Kier alpha value is -1.19. The maximum absolute atomic E-state index is 5.90. The topological polar surface area (TPSA) is 52.3 Å². The number of rotatable bonds is 2. The third-order valence-electron chi connectivity index (χ3n) is 1.88. The van der Waals surface area contributed by atoms with Crippen molar-refractivity contribution in [3.05, 3.63) is 47.3 Å². The fourth-order valence-corrected chi connectivity index (χ4v) is 1.39. The molecule has 3 nitrogen and oxygen atoms in total. The molecule has 2 aromatic heterocycles. The summed E-state index contributed by atoms with van der Waals surface area (Å²) in [5.41, 5.74) is 7.55. The van der Waals surface area contributed by atoms with Crippen molar-refractivity contribution in [2.45, 2.75) is 6.04 Å². The lowest BCUT2D eigenvalue weighted by Crippen LogP contribution is -2.10. The quantitative estimate of drug-likeness (QED) is 0.805. The van der Waals surface area contributed by atoms with Crippen molar-refractivity contribution < 1.29 is 8.83 Å². The summed E-state index contributed by atoms with van der Waals surface area (Å²) in [6.07, 6.45) is 4.68. The fourth-order valence-electron chi connectivity index (χ4n) is 1.16.